The fraction of sp³-hybridized carbons (Fsp3) is 0.316. The number of carbonyl (C=O) groups is 1. The van der Waals surface area contributed by atoms with Gasteiger partial charge in [0.25, 0.3) is 15.9 Å². The standard InChI is InChI=1S/C19H24N2O3S/c1-5-15(4)20-19(22)16-9-8-14(3)18(12-16)25(23,24)21-17-10-6-13(2)7-11-17/h6-12,15,21H,5H2,1-4H3,(H,20,22)/t15-/m1/s1. The van der Waals surface area contributed by atoms with E-state index in [4.69, 9.17) is 0 Å². The van der Waals surface area contributed by atoms with Crippen LogP contribution in [0.5, 0.6) is 0 Å². The first-order valence-corrected chi connectivity index (χ1v) is 9.72. The van der Waals surface area contributed by atoms with E-state index in [0.717, 1.165) is 12.0 Å². The van der Waals surface area contributed by atoms with Crippen molar-refractivity contribution >= 4 is 21.6 Å². The van der Waals surface area contributed by atoms with Gasteiger partial charge in [0.05, 0.1) is 4.90 Å². The summed E-state index contributed by atoms with van der Waals surface area (Å²) in [6, 6.07) is 11.8. The maximum absolute atomic E-state index is 12.7. The van der Waals surface area contributed by atoms with Crippen LogP contribution in [-0.4, -0.2) is 20.4 Å². The van der Waals surface area contributed by atoms with Crippen LogP contribution in [0.3, 0.4) is 0 Å². The smallest absolute Gasteiger partial charge is 0.262 e. The normalized spacial score (nSPS) is 12.5. The second kappa shape index (κ2) is 7.70. The van der Waals surface area contributed by atoms with Crippen LogP contribution in [-0.2, 0) is 10.0 Å². The lowest BCUT2D eigenvalue weighted by Crippen LogP contribution is -2.32. The summed E-state index contributed by atoms with van der Waals surface area (Å²) in [7, 11) is -3.78. The molecule has 0 saturated heterocycles. The van der Waals surface area contributed by atoms with Crippen LogP contribution in [0, 0.1) is 13.8 Å². The van der Waals surface area contributed by atoms with E-state index in [9.17, 15) is 13.2 Å². The molecule has 2 N–H and O–H groups in total. The van der Waals surface area contributed by atoms with Gasteiger partial charge in [-0.25, -0.2) is 8.42 Å². The summed E-state index contributed by atoms with van der Waals surface area (Å²) in [6.07, 6.45) is 0.803. The number of anilines is 1. The van der Waals surface area contributed by atoms with Crippen molar-refractivity contribution in [3.63, 3.8) is 0 Å². The van der Waals surface area contributed by atoms with Gasteiger partial charge in [0.1, 0.15) is 0 Å². The first-order valence-electron chi connectivity index (χ1n) is 8.24. The van der Waals surface area contributed by atoms with Crippen LogP contribution >= 0.6 is 0 Å². The van der Waals surface area contributed by atoms with Gasteiger partial charge in [-0.15, -0.1) is 0 Å². The quantitative estimate of drug-likeness (QED) is 0.826. The molecule has 0 saturated carbocycles. The van der Waals surface area contributed by atoms with Gasteiger partial charge < -0.3 is 5.32 Å². The molecule has 25 heavy (non-hydrogen) atoms. The monoisotopic (exact) mass is 360 g/mol. The van der Waals surface area contributed by atoms with E-state index in [2.05, 4.69) is 10.0 Å². The van der Waals surface area contributed by atoms with E-state index in [1.807, 2.05) is 32.9 Å². The van der Waals surface area contributed by atoms with Crippen molar-refractivity contribution in [1.29, 1.82) is 0 Å². The lowest BCUT2D eigenvalue weighted by molar-refractivity contribution is 0.0939. The van der Waals surface area contributed by atoms with Crippen molar-refractivity contribution in [3.8, 4) is 0 Å². The molecule has 0 radical (unpaired) electrons. The highest BCUT2D eigenvalue weighted by molar-refractivity contribution is 7.92. The Bertz CT molecular complexity index is 859. The van der Waals surface area contributed by atoms with E-state index in [1.165, 1.54) is 6.07 Å². The highest BCUT2D eigenvalue weighted by Gasteiger charge is 2.19. The molecule has 0 aliphatic rings. The van der Waals surface area contributed by atoms with Crippen molar-refractivity contribution in [3.05, 3.63) is 59.2 Å². The van der Waals surface area contributed by atoms with Crippen molar-refractivity contribution < 1.29 is 13.2 Å². The zero-order valence-electron chi connectivity index (χ0n) is 15.0. The van der Waals surface area contributed by atoms with Gasteiger partial charge in [0, 0.05) is 17.3 Å². The summed E-state index contributed by atoms with van der Waals surface area (Å²) in [6.45, 7) is 7.52. The molecule has 0 aromatic heterocycles. The molecule has 2 aromatic carbocycles. The van der Waals surface area contributed by atoms with E-state index in [-0.39, 0.29) is 16.8 Å². The maximum atomic E-state index is 12.7. The highest BCUT2D eigenvalue weighted by Crippen LogP contribution is 2.21. The summed E-state index contributed by atoms with van der Waals surface area (Å²) < 4.78 is 28.0. The lowest BCUT2D eigenvalue weighted by atomic mass is 10.1. The maximum Gasteiger partial charge on any atom is 0.262 e. The molecular formula is C19H24N2O3S. The van der Waals surface area contributed by atoms with Crippen LogP contribution < -0.4 is 10.0 Å². The third-order valence-electron chi connectivity index (χ3n) is 4.03. The Labute approximate surface area is 149 Å². The van der Waals surface area contributed by atoms with Crippen molar-refractivity contribution in [2.75, 3.05) is 4.72 Å². The van der Waals surface area contributed by atoms with Gasteiger partial charge in [-0.3, -0.25) is 9.52 Å². The highest BCUT2D eigenvalue weighted by atomic mass is 32.2. The molecule has 1 amide bonds. The molecule has 5 nitrogen and oxygen atoms in total. The Morgan fingerprint density at radius 1 is 1.08 bits per heavy atom. The molecule has 1 atom stereocenters. The molecule has 2 rings (SSSR count). The number of aryl methyl sites for hydroxylation is 2. The first-order chi connectivity index (χ1) is 11.7. The lowest BCUT2D eigenvalue weighted by Gasteiger charge is -2.14. The van der Waals surface area contributed by atoms with E-state index in [1.54, 1.807) is 31.2 Å². The summed E-state index contributed by atoms with van der Waals surface area (Å²) in [5, 5.41) is 2.85. The van der Waals surface area contributed by atoms with Crippen LogP contribution in [0.1, 0.15) is 41.8 Å². The Morgan fingerprint density at radius 3 is 2.32 bits per heavy atom. The van der Waals surface area contributed by atoms with Gasteiger partial charge in [0.2, 0.25) is 0 Å². The molecule has 134 valence electrons. The van der Waals surface area contributed by atoms with Crippen molar-refractivity contribution in [2.45, 2.75) is 45.1 Å². The number of carbonyl (C=O) groups excluding carboxylic acids is 1. The molecule has 0 bridgehead atoms. The number of rotatable bonds is 6. The Morgan fingerprint density at radius 2 is 1.72 bits per heavy atom. The molecular weight excluding hydrogens is 336 g/mol. The molecule has 0 aliphatic heterocycles. The summed E-state index contributed by atoms with van der Waals surface area (Å²) in [4.78, 5) is 12.4. The van der Waals surface area contributed by atoms with Gasteiger partial charge in [-0.1, -0.05) is 30.7 Å². The molecule has 0 unspecified atom stereocenters. The van der Waals surface area contributed by atoms with E-state index < -0.39 is 10.0 Å². The van der Waals surface area contributed by atoms with Crippen LogP contribution in [0.25, 0.3) is 0 Å². The molecule has 0 spiro atoms. The zero-order chi connectivity index (χ0) is 18.6. The van der Waals surface area contributed by atoms with Gasteiger partial charge in [0.15, 0.2) is 0 Å². The van der Waals surface area contributed by atoms with Gasteiger partial charge in [-0.05, 0) is 57.0 Å². The number of hydrogen-bond donors (Lipinski definition) is 2. The van der Waals surface area contributed by atoms with Crippen molar-refractivity contribution in [2.24, 2.45) is 0 Å². The number of nitrogens with one attached hydrogen (secondary N) is 2. The van der Waals surface area contributed by atoms with E-state index >= 15 is 0 Å². The second-order valence-corrected chi connectivity index (χ2v) is 7.89. The minimum Gasteiger partial charge on any atom is -0.350 e. The third-order valence-corrected chi connectivity index (χ3v) is 5.56. The number of hydrogen-bond acceptors (Lipinski definition) is 3. The number of amides is 1. The van der Waals surface area contributed by atoms with Gasteiger partial charge >= 0.3 is 0 Å². The Kier molecular flexibility index (Phi) is 5.85. The molecule has 0 heterocycles. The second-order valence-electron chi connectivity index (χ2n) is 6.23. The summed E-state index contributed by atoms with van der Waals surface area (Å²) >= 11 is 0. The number of benzene rings is 2. The number of sulfonamides is 1. The largest absolute Gasteiger partial charge is 0.350 e. The van der Waals surface area contributed by atoms with E-state index in [0.29, 0.717) is 16.8 Å². The predicted molar refractivity (Wildman–Crippen MR) is 100 cm³/mol. The minimum absolute atomic E-state index is 0.0274. The minimum atomic E-state index is -3.78. The van der Waals surface area contributed by atoms with Crippen LogP contribution in [0.2, 0.25) is 0 Å². The Hall–Kier alpha value is -2.34. The molecule has 0 fully saturated rings. The van der Waals surface area contributed by atoms with Crippen molar-refractivity contribution in [1.82, 2.24) is 5.32 Å². The van der Waals surface area contributed by atoms with Gasteiger partial charge in [-0.2, -0.15) is 0 Å². The molecule has 6 heteroatoms. The first kappa shape index (κ1) is 19.0. The predicted octanol–water partition coefficient (Wildman–Crippen LogP) is 3.63. The fourth-order valence-electron chi connectivity index (χ4n) is 2.27. The average molecular weight is 360 g/mol. The van der Waals surface area contributed by atoms with Crippen LogP contribution in [0.4, 0.5) is 5.69 Å². The zero-order valence-corrected chi connectivity index (χ0v) is 15.8. The average Bonchev–Trinajstić information content (AvgIpc) is 2.56. The third kappa shape index (κ3) is 4.82. The summed E-state index contributed by atoms with van der Waals surface area (Å²) in [5.74, 6) is -0.277. The topological polar surface area (TPSA) is 75.3 Å². The molecule has 0 aliphatic carbocycles. The SMILES string of the molecule is CC[C@@H](C)NC(=O)c1ccc(C)c(S(=O)(=O)Nc2ccc(C)cc2)c1. The van der Waals surface area contributed by atoms with Crippen LogP contribution in [0.15, 0.2) is 47.4 Å². The molecule has 2 aromatic rings. The Balaban J connectivity index is 2.32. The summed E-state index contributed by atoms with van der Waals surface area (Å²) in [5.41, 5.74) is 2.44. The fourth-order valence-corrected chi connectivity index (χ4v) is 3.60.